The van der Waals surface area contributed by atoms with Gasteiger partial charge in [0.2, 0.25) is 0 Å². The molecule has 3 saturated carbocycles. The molecule has 3 aliphatic rings. The number of nitriles is 1. The summed E-state index contributed by atoms with van der Waals surface area (Å²) in [5.41, 5.74) is 0.961. The van der Waals surface area contributed by atoms with Crippen LogP contribution < -0.4 is 15.4 Å². The number of anilines is 1. The number of ether oxygens (including phenoxy) is 1. The van der Waals surface area contributed by atoms with Gasteiger partial charge in [-0.05, 0) is 37.5 Å². The van der Waals surface area contributed by atoms with Crippen LogP contribution in [0, 0.1) is 17.1 Å². The summed E-state index contributed by atoms with van der Waals surface area (Å²) in [5, 5.41) is 15.6. The van der Waals surface area contributed by atoms with Crippen LogP contribution in [0.25, 0.3) is 0 Å². The first-order valence-electron chi connectivity index (χ1n) is 8.44. The Balaban J connectivity index is 1.27. The standard InChI is InChI=1S/C19H16ClFN4O2/c20-14-2-1-13(5-15(14)21)27-8-17(26)25-19-9-18(10-19,11-19)24-16-3-4-23-7-12(16)6-22/h1-5,7H,8-11H2,(H,23,24)(H,25,26). The minimum Gasteiger partial charge on any atom is -0.484 e. The van der Waals surface area contributed by atoms with E-state index in [1.54, 1.807) is 12.3 Å². The zero-order valence-corrected chi connectivity index (χ0v) is 15.0. The Hall–Kier alpha value is -2.85. The molecule has 27 heavy (non-hydrogen) atoms. The molecule has 3 fully saturated rings. The highest BCUT2D eigenvalue weighted by atomic mass is 35.5. The van der Waals surface area contributed by atoms with Gasteiger partial charge in [0.05, 0.1) is 16.3 Å². The van der Waals surface area contributed by atoms with Crippen LogP contribution in [0.1, 0.15) is 24.8 Å². The highest BCUT2D eigenvalue weighted by Crippen LogP contribution is 2.61. The fraction of sp³-hybridized carbons (Fsp3) is 0.316. The topological polar surface area (TPSA) is 87.0 Å². The van der Waals surface area contributed by atoms with Crippen molar-refractivity contribution < 1.29 is 13.9 Å². The molecule has 0 aliphatic heterocycles. The van der Waals surface area contributed by atoms with Crippen molar-refractivity contribution in [1.82, 2.24) is 10.3 Å². The third kappa shape index (κ3) is 3.28. The fourth-order valence-electron chi connectivity index (χ4n) is 3.98. The summed E-state index contributed by atoms with van der Waals surface area (Å²) in [5.74, 6) is -0.584. The average molecular weight is 387 g/mol. The number of hydrogen-bond acceptors (Lipinski definition) is 5. The Kier molecular flexibility index (Phi) is 4.16. The largest absolute Gasteiger partial charge is 0.484 e. The van der Waals surface area contributed by atoms with Crippen molar-refractivity contribution in [3.8, 4) is 11.8 Å². The van der Waals surface area contributed by atoms with Gasteiger partial charge in [0.1, 0.15) is 17.6 Å². The first-order valence-corrected chi connectivity index (χ1v) is 8.82. The predicted molar refractivity (Wildman–Crippen MR) is 96.9 cm³/mol. The van der Waals surface area contributed by atoms with Crippen molar-refractivity contribution in [3.63, 3.8) is 0 Å². The van der Waals surface area contributed by atoms with Crippen LogP contribution in [0.3, 0.4) is 0 Å². The molecule has 1 aromatic heterocycles. The van der Waals surface area contributed by atoms with E-state index < -0.39 is 5.82 Å². The zero-order chi connectivity index (χ0) is 19.1. The van der Waals surface area contributed by atoms with Gasteiger partial charge in [0.25, 0.3) is 5.91 Å². The number of benzene rings is 1. The highest BCUT2D eigenvalue weighted by Gasteiger charge is 2.68. The lowest BCUT2D eigenvalue weighted by molar-refractivity contribution is -0.135. The van der Waals surface area contributed by atoms with Gasteiger partial charge in [0, 0.05) is 29.5 Å². The second kappa shape index (κ2) is 6.39. The van der Waals surface area contributed by atoms with E-state index in [4.69, 9.17) is 21.6 Å². The van der Waals surface area contributed by atoms with Gasteiger partial charge in [-0.15, -0.1) is 0 Å². The third-order valence-corrected chi connectivity index (χ3v) is 5.34. The molecule has 0 spiro atoms. The smallest absolute Gasteiger partial charge is 0.258 e. The molecule has 1 heterocycles. The molecule has 1 amide bonds. The Morgan fingerprint density at radius 3 is 2.81 bits per heavy atom. The zero-order valence-electron chi connectivity index (χ0n) is 14.3. The molecular formula is C19H16ClFN4O2. The van der Waals surface area contributed by atoms with Crippen molar-refractivity contribution in [2.45, 2.75) is 30.3 Å². The molecule has 0 unspecified atom stereocenters. The van der Waals surface area contributed by atoms with E-state index >= 15 is 0 Å². The maximum atomic E-state index is 13.4. The Morgan fingerprint density at radius 2 is 2.11 bits per heavy atom. The van der Waals surface area contributed by atoms with Gasteiger partial charge in [0.15, 0.2) is 6.61 Å². The monoisotopic (exact) mass is 386 g/mol. The van der Waals surface area contributed by atoms with E-state index in [0.717, 1.165) is 31.0 Å². The number of hydrogen-bond donors (Lipinski definition) is 2. The van der Waals surface area contributed by atoms with Gasteiger partial charge >= 0.3 is 0 Å². The van der Waals surface area contributed by atoms with Crippen LogP contribution in [0.15, 0.2) is 36.7 Å². The first-order chi connectivity index (χ1) is 12.9. The molecule has 0 atom stereocenters. The summed E-state index contributed by atoms with van der Waals surface area (Å²) in [6.07, 6.45) is 5.53. The number of rotatable bonds is 6. The van der Waals surface area contributed by atoms with E-state index in [9.17, 15) is 9.18 Å². The van der Waals surface area contributed by atoms with E-state index in [1.165, 1.54) is 18.3 Å². The molecule has 138 valence electrons. The molecule has 2 N–H and O–H groups in total. The minimum atomic E-state index is -0.588. The van der Waals surface area contributed by atoms with E-state index in [1.807, 2.05) is 0 Å². The number of nitrogens with one attached hydrogen (secondary N) is 2. The molecule has 0 saturated heterocycles. The summed E-state index contributed by atoms with van der Waals surface area (Å²) in [4.78, 5) is 16.1. The van der Waals surface area contributed by atoms with Gasteiger partial charge < -0.3 is 15.4 Å². The number of nitrogens with zero attached hydrogens (tertiary/aromatic N) is 2. The van der Waals surface area contributed by atoms with Crippen LogP contribution in [0.5, 0.6) is 5.75 Å². The van der Waals surface area contributed by atoms with Gasteiger partial charge in [-0.1, -0.05) is 11.6 Å². The van der Waals surface area contributed by atoms with Crippen molar-refractivity contribution >= 4 is 23.2 Å². The third-order valence-electron chi connectivity index (χ3n) is 5.04. The molecule has 2 aromatic rings. The molecule has 6 nitrogen and oxygen atoms in total. The first kappa shape index (κ1) is 17.6. The maximum Gasteiger partial charge on any atom is 0.258 e. The lowest BCUT2D eigenvalue weighted by Gasteiger charge is -2.70. The van der Waals surface area contributed by atoms with Crippen LogP contribution in [0.2, 0.25) is 5.02 Å². The number of carbonyl (C=O) groups excluding carboxylic acids is 1. The summed E-state index contributed by atoms with van der Waals surface area (Å²) < 4.78 is 18.7. The molecule has 2 bridgehead atoms. The van der Waals surface area contributed by atoms with Crippen LogP contribution in [0.4, 0.5) is 10.1 Å². The summed E-state index contributed by atoms with van der Waals surface area (Å²) >= 11 is 5.62. The fourth-order valence-corrected chi connectivity index (χ4v) is 4.10. The van der Waals surface area contributed by atoms with Crippen LogP contribution >= 0.6 is 11.6 Å². The van der Waals surface area contributed by atoms with Crippen molar-refractivity contribution in [1.29, 1.82) is 5.26 Å². The van der Waals surface area contributed by atoms with Crippen molar-refractivity contribution in [2.75, 3.05) is 11.9 Å². The highest BCUT2D eigenvalue weighted by molar-refractivity contribution is 6.30. The molecule has 3 aliphatic carbocycles. The lowest BCUT2D eigenvalue weighted by atomic mass is 9.44. The van der Waals surface area contributed by atoms with Gasteiger partial charge in [-0.3, -0.25) is 9.78 Å². The molecular weight excluding hydrogens is 371 g/mol. The number of amides is 1. The summed E-state index contributed by atoms with van der Waals surface area (Å²) in [7, 11) is 0. The molecule has 1 aromatic carbocycles. The van der Waals surface area contributed by atoms with Crippen LogP contribution in [-0.2, 0) is 4.79 Å². The lowest BCUT2D eigenvalue weighted by Crippen LogP contribution is -2.81. The van der Waals surface area contributed by atoms with E-state index in [2.05, 4.69) is 21.7 Å². The Labute approximate surface area is 160 Å². The Bertz CT molecular complexity index is 939. The number of carbonyl (C=O) groups is 1. The quantitative estimate of drug-likeness (QED) is 0.796. The normalized spacial score (nSPS) is 24.8. The van der Waals surface area contributed by atoms with Crippen molar-refractivity contribution in [2.24, 2.45) is 0 Å². The summed E-state index contributed by atoms with van der Waals surface area (Å²) in [6.45, 7) is -0.188. The molecule has 8 heteroatoms. The van der Waals surface area contributed by atoms with Gasteiger partial charge in [-0.2, -0.15) is 5.26 Å². The number of aromatic nitrogens is 1. The number of pyridine rings is 1. The predicted octanol–water partition coefficient (Wildman–Crippen LogP) is 3.03. The second-order valence-electron chi connectivity index (χ2n) is 7.16. The van der Waals surface area contributed by atoms with Crippen molar-refractivity contribution in [3.05, 3.63) is 53.1 Å². The number of halogens is 2. The Morgan fingerprint density at radius 1 is 1.33 bits per heavy atom. The molecule has 0 radical (unpaired) electrons. The SMILES string of the molecule is N#Cc1cnccc1NC12CC(NC(=O)COc3ccc(Cl)c(F)c3)(C1)C2. The second-order valence-corrected chi connectivity index (χ2v) is 7.57. The van der Waals surface area contributed by atoms with E-state index in [0.29, 0.717) is 5.56 Å². The minimum absolute atomic E-state index is 0.00668. The molecule has 5 rings (SSSR count). The van der Waals surface area contributed by atoms with E-state index in [-0.39, 0.29) is 34.4 Å². The summed E-state index contributed by atoms with van der Waals surface area (Å²) in [6, 6.07) is 7.95. The maximum absolute atomic E-state index is 13.4. The van der Waals surface area contributed by atoms with Crippen LogP contribution in [-0.4, -0.2) is 28.6 Å². The van der Waals surface area contributed by atoms with Gasteiger partial charge in [-0.25, -0.2) is 4.39 Å². The average Bonchev–Trinajstić information content (AvgIpc) is 2.60.